The molecule has 846 valence electrons. The van der Waals surface area contributed by atoms with Gasteiger partial charge in [-0.15, -0.1) is 0 Å². The summed E-state index contributed by atoms with van der Waals surface area (Å²) in [6.45, 7) is 96.7. The van der Waals surface area contributed by atoms with Crippen molar-refractivity contribution in [1.29, 1.82) is 0 Å². The second-order valence-electron chi connectivity index (χ2n) is 60.3. The number of aryl methyl sites for hydroxylation is 2. The highest BCUT2D eigenvalue weighted by Gasteiger charge is 2.40. The highest BCUT2D eigenvalue weighted by molar-refractivity contribution is 6.03. The van der Waals surface area contributed by atoms with Crippen molar-refractivity contribution >= 4 is 11.6 Å². The molecule has 2 atom stereocenters. The van der Waals surface area contributed by atoms with Crippen LogP contribution in [0.5, 0.6) is 5.75 Å². The first-order valence-electron chi connectivity index (χ1n) is 59.6. The normalized spacial score (nSPS) is 16.4. The predicted molar refractivity (Wildman–Crippen MR) is 663 cm³/mol. The van der Waals surface area contributed by atoms with Crippen LogP contribution in [0.3, 0.4) is 0 Å². The average molecular weight is 2060 g/mol. The Morgan fingerprint density at radius 2 is 0.760 bits per heavy atom. The second-order valence-corrected chi connectivity index (χ2v) is 60.3. The molecule has 5 heterocycles. The number of fused-ring (bicyclic) bond motifs is 1. The molecular formula is C142H236N6O2. The van der Waals surface area contributed by atoms with Gasteiger partial charge in [-0.1, -0.05) is 518 Å². The number of methoxy groups -OCH3 is 1. The number of carbonyl (C=O) groups excluding carboxylic acids is 1. The molecule has 0 spiro atoms. The van der Waals surface area contributed by atoms with Gasteiger partial charge in [-0.2, -0.15) is 5.10 Å². The van der Waals surface area contributed by atoms with Gasteiger partial charge in [0.25, 0.3) is 0 Å². The minimum absolute atomic E-state index is 0.269. The summed E-state index contributed by atoms with van der Waals surface area (Å²) >= 11 is 0. The van der Waals surface area contributed by atoms with Crippen LogP contribution < -0.4 is 4.74 Å². The van der Waals surface area contributed by atoms with E-state index in [9.17, 15) is 4.79 Å². The highest BCUT2D eigenvalue weighted by atomic mass is 16.5. The van der Waals surface area contributed by atoms with Gasteiger partial charge in [0.05, 0.1) is 19.3 Å². The Labute approximate surface area is 929 Å². The lowest BCUT2D eigenvalue weighted by atomic mass is 9.78. The summed E-state index contributed by atoms with van der Waals surface area (Å²) in [5.74, 6) is 5.71. The fourth-order valence-electron chi connectivity index (χ4n) is 20.6. The van der Waals surface area contributed by atoms with E-state index in [1.165, 1.54) is 217 Å². The number of rotatable bonds is 17. The first-order valence-corrected chi connectivity index (χ1v) is 59.6. The monoisotopic (exact) mass is 2060 g/mol. The molecule has 3 aliphatic heterocycles. The Bertz CT molecular complexity index is 4610. The molecule has 2 aromatic heterocycles. The summed E-state index contributed by atoms with van der Waals surface area (Å²) in [4.78, 5) is 25.5. The molecule has 7 aliphatic rings. The molecule has 0 unspecified atom stereocenters. The van der Waals surface area contributed by atoms with Crippen molar-refractivity contribution in [2.75, 3.05) is 33.3 Å². The molecular weight excluding hydrogens is 1820 g/mol. The van der Waals surface area contributed by atoms with E-state index in [0.29, 0.717) is 77.3 Å². The summed E-state index contributed by atoms with van der Waals surface area (Å²) in [5, 5.41) is 4.31. The minimum Gasteiger partial charge on any atom is -0.497 e. The molecule has 4 aliphatic carbocycles. The molecule has 6 aromatic carbocycles. The maximum atomic E-state index is 12.1. The third-order valence-corrected chi connectivity index (χ3v) is 29.2. The Kier molecular flexibility index (Phi) is 59.8. The van der Waals surface area contributed by atoms with Crippen molar-refractivity contribution in [2.45, 2.75) is 494 Å². The van der Waals surface area contributed by atoms with Gasteiger partial charge in [0.15, 0.2) is 0 Å². The zero-order valence-corrected chi connectivity index (χ0v) is 106. The number of amides is 1. The lowest BCUT2D eigenvalue weighted by Crippen LogP contribution is -2.51. The first kappa shape index (κ1) is 137. The van der Waals surface area contributed by atoms with E-state index in [1.807, 2.05) is 48.4 Å². The summed E-state index contributed by atoms with van der Waals surface area (Å²) in [6, 6.07) is 68.4. The maximum absolute atomic E-state index is 12.1. The molecule has 0 bridgehead atoms. The number of nitrogens with zero attached hydrogens (tertiary/aromatic N) is 6. The Balaban J connectivity index is 0.000000419. The Morgan fingerprint density at radius 1 is 0.387 bits per heavy atom. The lowest BCUT2D eigenvalue weighted by molar-refractivity contribution is -0.133. The number of piperidine rings is 1. The molecule has 8 nitrogen and oxygen atoms in total. The first-order chi connectivity index (χ1) is 69.3. The smallest absolute Gasteiger partial charge is 0.222 e. The van der Waals surface area contributed by atoms with E-state index >= 15 is 0 Å². The van der Waals surface area contributed by atoms with Crippen molar-refractivity contribution in [3.63, 3.8) is 0 Å². The second kappa shape index (κ2) is 65.6. The Morgan fingerprint density at radius 3 is 1.08 bits per heavy atom. The van der Waals surface area contributed by atoms with E-state index in [1.54, 1.807) is 7.11 Å². The predicted octanol–water partition coefficient (Wildman–Crippen LogP) is 41.5. The fourth-order valence-corrected chi connectivity index (χ4v) is 20.6. The SMILES string of the molecule is CC(C)(C)CC1(C)CC1.CC(C)(C)CC1CCCC1.CC(C)(C)CC1CCCC1.CC(C)(C)CC1CCCC1.CC(C)(C)CCC(=O)N1CCC(N2CCC2)CC1.CC(C)(C)CCc1ccccc1.CC(C)(C)Cc1ccccc1.CC(C)(C)Cc1ccccn1.CCC1=NCc2ccccc21.COc1ccc(CC(C)(C)C)cc1.C[C@@H](c1ccccc1)C(C)(C)C.C[C@H](c1ccccc1)C(C)(C)C.Cn1ccc(CC(C)(C)C)n1. The molecule has 150 heavy (non-hydrogen) atoms. The van der Waals surface area contributed by atoms with E-state index in [0.717, 1.165) is 99.5 Å². The molecule has 8 aromatic rings. The number of hydrogen-bond donors (Lipinski definition) is 0. The van der Waals surface area contributed by atoms with Gasteiger partial charge in [-0.3, -0.25) is 19.5 Å². The largest absolute Gasteiger partial charge is 0.497 e. The van der Waals surface area contributed by atoms with Gasteiger partial charge in [0.2, 0.25) is 5.91 Å². The Hall–Kier alpha value is -7.42. The summed E-state index contributed by atoms with van der Waals surface area (Å²) in [5.41, 5.74) is 19.3. The molecule has 0 radical (unpaired) electrons. The minimum atomic E-state index is 0.269. The van der Waals surface area contributed by atoms with Gasteiger partial charge in [-0.25, -0.2) is 0 Å². The zero-order valence-electron chi connectivity index (χ0n) is 106. The number of carbonyl (C=O) groups is 1. The maximum Gasteiger partial charge on any atom is 0.222 e. The van der Waals surface area contributed by atoms with Crippen LogP contribution in [-0.4, -0.2) is 75.5 Å². The average Bonchev–Trinajstić information content (AvgIpc) is 1.67. The summed E-state index contributed by atoms with van der Waals surface area (Å²) in [6.07, 6.45) is 43.7. The topological polar surface area (TPSA) is 75.8 Å². The third-order valence-electron chi connectivity index (χ3n) is 29.2. The molecule has 8 heteroatoms. The number of aromatic nitrogens is 3. The van der Waals surface area contributed by atoms with Crippen LogP contribution in [0.15, 0.2) is 212 Å². The number of likely N-dealkylation sites (tertiary alicyclic amines) is 2. The van der Waals surface area contributed by atoms with Gasteiger partial charge >= 0.3 is 0 Å². The number of aliphatic imine (C=N–C) groups is 1. The van der Waals surface area contributed by atoms with Crippen LogP contribution in [-0.2, 0) is 50.5 Å². The van der Waals surface area contributed by atoms with Crippen LogP contribution in [0.25, 0.3) is 0 Å². The van der Waals surface area contributed by atoms with Crippen molar-refractivity contribution in [3.05, 3.63) is 257 Å². The molecule has 0 N–H and O–H groups in total. The molecule has 4 saturated carbocycles. The van der Waals surface area contributed by atoms with Crippen LogP contribution in [0, 0.1) is 88.1 Å². The number of ether oxygens (including phenoxy) is 1. The van der Waals surface area contributed by atoms with E-state index in [-0.39, 0.29) is 5.41 Å². The number of pyridine rings is 1. The fraction of sp³-hybridized carbons (Fsp3) is 0.676. The number of benzene rings is 6. The quantitative estimate of drug-likeness (QED) is 0.0908. The zero-order chi connectivity index (χ0) is 113. The van der Waals surface area contributed by atoms with E-state index in [2.05, 4.69) is 472 Å². The molecule has 6 fully saturated rings. The third kappa shape index (κ3) is 69.5. The van der Waals surface area contributed by atoms with Gasteiger partial charge < -0.3 is 14.5 Å². The van der Waals surface area contributed by atoms with Crippen LogP contribution in [0.4, 0.5) is 0 Å². The highest BCUT2D eigenvalue weighted by Crippen LogP contribution is 2.53. The van der Waals surface area contributed by atoms with E-state index < -0.39 is 0 Å². The van der Waals surface area contributed by atoms with Crippen molar-refractivity contribution in [2.24, 2.45) is 100 Å². The molecule has 1 amide bonds. The van der Waals surface area contributed by atoms with Gasteiger partial charge in [-0.05, 0) is 286 Å². The number of hydrogen-bond acceptors (Lipinski definition) is 6. The standard InChI is InChI=1S/C15H28N2O.C12H18O.3C12H18.C11H16.C10H11N.C10H15N.3C10H20.C9H16N2.C9H18/c1-15(2,3)8-5-14(18)17-11-6-13(7-12-17)16-9-4-10-16;1-12(2,3)9-10-5-7-11(13-4)8-6-10;2*1-10(12(2,3)4)11-8-6-5-7-9-11;1-12(2,3)10-9-11-7-5-4-6-8-11;1-11(2,3)9-10-7-5-4-6-8-10;1-2-10-9-6-4-3-5-8(9)7-11-10;1-10(2,3)8-9-6-4-5-7-11-9;3*1-10(2,3)8-9-6-4-5-7-9;1-9(2,3)7-8-5-6-11(4)10-8;1-8(2,3)7-9(4)5-6-9/h13H,4-12H2,1-3H3;5-8H,9H2,1-4H3;2*5-10H,1-4H3;4-8H,9-10H2,1-3H3;4-8H,9H2,1-3H3;3-6H,2,7H2,1H3;4-7H,8H2,1-3H3;3*9H,4-8H2,1-3H3;5-6H,7H2,1-4H3;5-7H2,1-4H3/t;;2*10-;;;;;;;;;/m..10........./s1. The van der Waals surface area contributed by atoms with Gasteiger partial charge in [0.1, 0.15) is 5.75 Å². The van der Waals surface area contributed by atoms with Crippen molar-refractivity contribution in [1.82, 2.24) is 24.6 Å². The summed E-state index contributed by atoms with van der Waals surface area (Å²) < 4.78 is 6.95. The van der Waals surface area contributed by atoms with Crippen molar-refractivity contribution < 1.29 is 9.53 Å². The van der Waals surface area contributed by atoms with Crippen molar-refractivity contribution in [3.8, 4) is 5.75 Å². The van der Waals surface area contributed by atoms with Crippen LogP contribution in [0.1, 0.15) is 500 Å². The lowest BCUT2D eigenvalue weighted by Gasteiger charge is -2.43. The van der Waals surface area contributed by atoms with E-state index in [4.69, 9.17) is 4.74 Å². The van der Waals surface area contributed by atoms with Crippen LogP contribution in [0.2, 0.25) is 0 Å². The van der Waals surface area contributed by atoms with Crippen LogP contribution >= 0.6 is 0 Å². The molecule has 2 saturated heterocycles. The molecule has 15 rings (SSSR count). The summed E-state index contributed by atoms with van der Waals surface area (Å²) in [7, 11) is 3.64. The van der Waals surface area contributed by atoms with Gasteiger partial charge in [0, 0.05) is 62.0 Å².